The second-order valence-corrected chi connectivity index (χ2v) is 5.42. The Morgan fingerprint density at radius 3 is 2.67 bits per heavy atom. The van der Waals surface area contributed by atoms with Gasteiger partial charge in [0.05, 0.1) is 5.92 Å². The summed E-state index contributed by atoms with van der Waals surface area (Å²) in [5, 5.41) is 9.90. The minimum atomic E-state index is -4.15. The van der Waals surface area contributed by atoms with Crippen molar-refractivity contribution in [3.63, 3.8) is 0 Å². The maximum Gasteiger partial charge on any atom is 0.393 e. The highest BCUT2D eigenvalue weighted by molar-refractivity contribution is 5.20. The smallest absolute Gasteiger partial charge is 0.393 e. The van der Waals surface area contributed by atoms with E-state index in [2.05, 4.69) is 0 Å². The lowest BCUT2D eigenvalue weighted by Crippen LogP contribution is -2.45. The summed E-state index contributed by atoms with van der Waals surface area (Å²) in [5.41, 5.74) is 0. The van der Waals surface area contributed by atoms with Crippen molar-refractivity contribution in [2.24, 2.45) is 5.92 Å². The van der Waals surface area contributed by atoms with Crippen LogP contribution in [-0.2, 0) is 0 Å². The quantitative estimate of drug-likeness (QED) is 0.908. The zero-order valence-electron chi connectivity index (χ0n) is 11.7. The standard InChI is InChI=1S/C15H20F3NO2/c16-15(17,18)12-5-4-8-19(9-12)10-13(20)11-21-14-6-2-1-3-7-14/h1-3,6-7,12-13,20H,4-5,8-11H2/t12-,13-/m0/s1. The molecule has 0 bridgehead atoms. The van der Waals surface area contributed by atoms with Gasteiger partial charge in [-0.1, -0.05) is 18.2 Å². The number of alkyl halides is 3. The number of aliphatic hydroxyl groups excluding tert-OH is 1. The fourth-order valence-electron chi connectivity index (χ4n) is 2.55. The lowest BCUT2D eigenvalue weighted by molar-refractivity contribution is -0.187. The van der Waals surface area contributed by atoms with Gasteiger partial charge >= 0.3 is 6.18 Å². The van der Waals surface area contributed by atoms with Crippen molar-refractivity contribution in [3.8, 4) is 5.75 Å². The largest absolute Gasteiger partial charge is 0.491 e. The molecule has 1 saturated heterocycles. The van der Waals surface area contributed by atoms with Crippen LogP contribution in [0.3, 0.4) is 0 Å². The topological polar surface area (TPSA) is 32.7 Å². The second kappa shape index (κ2) is 7.13. The molecule has 0 saturated carbocycles. The number of likely N-dealkylation sites (tertiary alicyclic amines) is 1. The minimum absolute atomic E-state index is 0.0358. The van der Waals surface area contributed by atoms with E-state index in [1.807, 2.05) is 18.2 Å². The van der Waals surface area contributed by atoms with Gasteiger partial charge in [0.15, 0.2) is 0 Å². The van der Waals surface area contributed by atoms with Crippen LogP contribution in [0.1, 0.15) is 12.8 Å². The van der Waals surface area contributed by atoms with Crippen LogP contribution in [0.15, 0.2) is 30.3 Å². The number of piperidine rings is 1. The SMILES string of the molecule is O[C@H](COc1ccccc1)CN1CCC[C@H](C(F)(F)F)C1. The molecule has 21 heavy (non-hydrogen) atoms. The molecule has 1 aromatic rings. The summed E-state index contributed by atoms with van der Waals surface area (Å²) in [4.78, 5) is 1.67. The van der Waals surface area contributed by atoms with Crippen LogP contribution in [0.2, 0.25) is 0 Å². The Bertz CT molecular complexity index is 425. The Labute approximate surface area is 122 Å². The molecule has 1 N–H and O–H groups in total. The summed E-state index contributed by atoms with van der Waals surface area (Å²) < 4.78 is 43.5. The van der Waals surface area contributed by atoms with Gasteiger partial charge in [-0.3, -0.25) is 0 Å². The third kappa shape index (κ3) is 5.21. The zero-order chi connectivity index (χ0) is 15.3. The first-order valence-electron chi connectivity index (χ1n) is 7.10. The molecule has 0 radical (unpaired) electrons. The molecular weight excluding hydrogens is 283 g/mol. The van der Waals surface area contributed by atoms with Crippen LogP contribution in [0, 0.1) is 5.92 Å². The second-order valence-electron chi connectivity index (χ2n) is 5.42. The van der Waals surface area contributed by atoms with Crippen molar-refractivity contribution in [2.75, 3.05) is 26.2 Å². The van der Waals surface area contributed by atoms with Crippen molar-refractivity contribution in [3.05, 3.63) is 30.3 Å². The summed E-state index contributed by atoms with van der Waals surface area (Å²) in [5.74, 6) is -0.642. The molecule has 1 heterocycles. The number of benzene rings is 1. The molecule has 0 aliphatic carbocycles. The van der Waals surface area contributed by atoms with Crippen molar-refractivity contribution in [1.29, 1.82) is 0 Å². The molecule has 0 unspecified atom stereocenters. The van der Waals surface area contributed by atoms with Crippen LogP contribution < -0.4 is 4.74 Å². The predicted octanol–water partition coefficient (Wildman–Crippen LogP) is 2.70. The van der Waals surface area contributed by atoms with Gasteiger partial charge in [-0.2, -0.15) is 13.2 Å². The fraction of sp³-hybridized carbons (Fsp3) is 0.600. The minimum Gasteiger partial charge on any atom is -0.491 e. The monoisotopic (exact) mass is 303 g/mol. The van der Waals surface area contributed by atoms with Crippen molar-refractivity contribution >= 4 is 0 Å². The van der Waals surface area contributed by atoms with E-state index in [1.165, 1.54) is 0 Å². The van der Waals surface area contributed by atoms with Crippen molar-refractivity contribution < 1.29 is 23.0 Å². The van der Waals surface area contributed by atoms with Crippen LogP contribution in [-0.4, -0.2) is 48.5 Å². The Morgan fingerprint density at radius 1 is 1.29 bits per heavy atom. The van der Waals surface area contributed by atoms with E-state index < -0.39 is 18.2 Å². The molecule has 6 heteroatoms. The van der Waals surface area contributed by atoms with Gasteiger partial charge in [-0.25, -0.2) is 0 Å². The molecule has 0 aromatic heterocycles. The van der Waals surface area contributed by atoms with Gasteiger partial charge in [0, 0.05) is 13.1 Å². The molecule has 118 valence electrons. The number of β-amino-alcohol motifs (C(OH)–C–C–N with tert-alkyl or cyclic N) is 1. The van der Waals surface area contributed by atoms with E-state index in [0.717, 1.165) is 0 Å². The van der Waals surface area contributed by atoms with E-state index >= 15 is 0 Å². The lowest BCUT2D eigenvalue weighted by Gasteiger charge is -2.34. The third-order valence-electron chi connectivity index (χ3n) is 3.62. The number of hydrogen-bond acceptors (Lipinski definition) is 3. The van der Waals surface area contributed by atoms with Gasteiger partial charge in [0.1, 0.15) is 18.5 Å². The van der Waals surface area contributed by atoms with Gasteiger partial charge in [0.25, 0.3) is 0 Å². The van der Waals surface area contributed by atoms with Gasteiger partial charge < -0.3 is 14.7 Å². The Kier molecular flexibility index (Phi) is 5.47. The van der Waals surface area contributed by atoms with Crippen LogP contribution in [0.25, 0.3) is 0 Å². The van der Waals surface area contributed by atoms with E-state index in [0.29, 0.717) is 18.7 Å². The first kappa shape index (κ1) is 16.1. The number of para-hydroxylation sites is 1. The summed E-state index contributed by atoms with van der Waals surface area (Å²) in [7, 11) is 0. The highest BCUT2D eigenvalue weighted by atomic mass is 19.4. The lowest BCUT2D eigenvalue weighted by atomic mass is 9.97. The van der Waals surface area contributed by atoms with Crippen molar-refractivity contribution in [1.82, 2.24) is 4.90 Å². The summed E-state index contributed by atoms with van der Waals surface area (Å²) >= 11 is 0. The van der Waals surface area contributed by atoms with E-state index in [4.69, 9.17) is 4.74 Å². The zero-order valence-corrected chi connectivity index (χ0v) is 11.7. The molecule has 3 nitrogen and oxygen atoms in total. The molecular formula is C15H20F3NO2. The summed E-state index contributed by atoms with van der Waals surface area (Å²) in [6.45, 7) is 0.845. The summed E-state index contributed by atoms with van der Waals surface area (Å²) in [6, 6.07) is 9.04. The molecule has 1 fully saturated rings. The molecule has 0 spiro atoms. The average Bonchev–Trinajstić information content (AvgIpc) is 2.46. The first-order valence-corrected chi connectivity index (χ1v) is 7.10. The number of nitrogens with zero attached hydrogens (tertiary/aromatic N) is 1. The van der Waals surface area contributed by atoms with Gasteiger partial charge in [0.2, 0.25) is 0 Å². The molecule has 1 aliphatic rings. The third-order valence-corrected chi connectivity index (χ3v) is 3.62. The first-order chi connectivity index (χ1) is 9.95. The Hall–Kier alpha value is -1.27. The molecule has 2 atom stereocenters. The van der Waals surface area contributed by atoms with Crippen molar-refractivity contribution in [2.45, 2.75) is 25.1 Å². The molecule has 1 aliphatic heterocycles. The Morgan fingerprint density at radius 2 is 2.00 bits per heavy atom. The van der Waals surface area contributed by atoms with E-state index in [1.54, 1.807) is 17.0 Å². The predicted molar refractivity (Wildman–Crippen MR) is 73.2 cm³/mol. The van der Waals surface area contributed by atoms with Crippen LogP contribution in [0.5, 0.6) is 5.75 Å². The maximum atomic E-state index is 12.7. The van der Waals surface area contributed by atoms with Crippen LogP contribution in [0.4, 0.5) is 13.2 Å². The highest BCUT2D eigenvalue weighted by Gasteiger charge is 2.41. The van der Waals surface area contributed by atoms with Gasteiger partial charge in [-0.15, -0.1) is 0 Å². The van der Waals surface area contributed by atoms with Crippen LogP contribution >= 0.6 is 0 Å². The number of hydrogen-bond donors (Lipinski definition) is 1. The number of ether oxygens (including phenoxy) is 1. The molecule has 0 amide bonds. The Balaban J connectivity index is 1.76. The van der Waals surface area contributed by atoms with Gasteiger partial charge in [-0.05, 0) is 31.5 Å². The normalized spacial score (nSPS) is 22.0. The van der Waals surface area contributed by atoms with E-state index in [-0.39, 0.29) is 26.1 Å². The summed E-state index contributed by atoms with van der Waals surface area (Å²) in [6.07, 6.45) is -4.26. The molecule has 2 rings (SSSR count). The number of rotatable bonds is 5. The fourth-order valence-corrected chi connectivity index (χ4v) is 2.55. The average molecular weight is 303 g/mol. The maximum absolute atomic E-state index is 12.7. The number of halogens is 3. The number of aliphatic hydroxyl groups is 1. The van der Waals surface area contributed by atoms with E-state index in [9.17, 15) is 18.3 Å². The molecule has 1 aromatic carbocycles. The highest BCUT2D eigenvalue weighted by Crippen LogP contribution is 2.33.